The van der Waals surface area contributed by atoms with E-state index in [2.05, 4.69) is 52.0 Å². The first-order valence-electron chi connectivity index (χ1n) is 8.86. The minimum Gasteiger partial charge on any atom is -0.0654 e. The predicted octanol–water partition coefficient (Wildman–Crippen LogP) is 7.05. The first kappa shape index (κ1) is 17.3. The summed E-state index contributed by atoms with van der Waals surface area (Å²) in [6.45, 7) is 9.22. The summed E-state index contributed by atoms with van der Waals surface area (Å²) >= 11 is 0. The smallest absolute Gasteiger partial charge is 0.0165 e. The molecule has 0 N–H and O–H groups in total. The van der Waals surface area contributed by atoms with Gasteiger partial charge in [-0.3, -0.25) is 0 Å². The maximum atomic E-state index is 2.40. The van der Waals surface area contributed by atoms with Gasteiger partial charge in [0.2, 0.25) is 0 Å². The summed E-state index contributed by atoms with van der Waals surface area (Å²) in [6.07, 6.45) is 10.6. The van der Waals surface area contributed by atoms with Crippen LogP contribution in [0.4, 0.5) is 0 Å². The highest BCUT2D eigenvalue weighted by Gasteiger charge is 2.12. The highest BCUT2D eigenvalue weighted by molar-refractivity contribution is 5.27. The minimum absolute atomic E-state index is 0.764. The molecule has 0 aliphatic heterocycles. The highest BCUT2D eigenvalue weighted by Crippen LogP contribution is 2.29. The summed E-state index contributed by atoms with van der Waals surface area (Å²) in [5, 5.41) is 0. The molecule has 20 heavy (non-hydrogen) atoms. The summed E-state index contributed by atoms with van der Waals surface area (Å²) < 4.78 is 0. The third-order valence-electron chi connectivity index (χ3n) is 4.68. The van der Waals surface area contributed by atoms with Crippen LogP contribution in [0.25, 0.3) is 0 Å². The molecule has 0 saturated carbocycles. The Hall–Kier alpha value is -0.780. The van der Waals surface area contributed by atoms with Crippen LogP contribution < -0.4 is 0 Å². The van der Waals surface area contributed by atoms with Crippen LogP contribution in [0.1, 0.15) is 102 Å². The Morgan fingerprint density at radius 2 is 1.00 bits per heavy atom. The van der Waals surface area contributed by atoms with Gasteiger partial charge in [-0.1, -0.05) is 77.6 Å². The van der Waals surface area contributed by atoms with Crippen molar-refractivity contribution < 1.29 is 0 Å². The third-order valence-corrected chi connectivity index (χ3v) is 4.68. The molecule has 1 aromatic carbocycles. The van der Waals surface area contributed by atoms with Crippen LogP contribution in [-0.4, -0.2) is 0 Å². The van der Waals surface area contributed by atoms with Crippen molar-refractivity contribution in [2.45, 2.75) is 90.9 Å². The molecule has 2 unspecified atom stereocenters. The fourth-order valence-electron chi connectivity index (χ4n) is 3.15. The van der Waals surface area contributed by atoms with Crippen LogP contribution in [0, 0.1) is 0 Å². The maximum absolute atomic E-state index is 2.40. The molecule has 1 rings (SSSR count). The normalized spacial score (nSPS) is 14.2. The van der Waals surface area contributed by atoms with E-state index in [1.54, 1.807) is 11.1 Å². The molecular weight excluding hydrogens is 240 g/mol. The minimum atomic E-state index is 0.764. The van der Waals surface area contributed by atoms with E-state index in [-0.39, 0.29) is 0 Å². The van der Waals surface area contributed by atoms with E-state index in [4.69, 9.17) is 0 Å². The van der Waals surface area contributed by atoms with Crippen LogP contribution >= 0.6 is 0 Å². The molecule has 0 bridgehead atoms. The number of rotatable bonds is 10. The van der Waals surface area contributed by atoms with E-state index in [0.717, 1.165) is 11.8 Å². The van der Waals surface area contributed by atoms with Crippen molar-refractivity contribution in [1.29, 1.82) is 0 Å². The Kier molecular flexibility index (Phi) is 8.65. The first-order chi connectivity index (χ1) is 9.76. The lowest BCUT2D eigenvalue weighted by Gasteiger charge is -2.18. The van der Waals surface area contributed by atoms with Gasteiger partial charge in [-0.05, 0) is 48.6 Å². The van der Waals surface area contributed by atoms with Gasteiger partial charge < -0.3 is 0 Å². The second-order valence-electron chi connectivity index (χ2n) is 6.16. The fourth-order valence-corrected chi connectivity index (χ4v) is 3.15. The van der Waals surface area contributed by atoms with Crippen LogP contribution in [-0.2, 0) is 0 Å². The molecule has 0 amide bonds. The van der Waals surface area contributed by atoms with Gasteiger partial charge in [0.25, 0.3) is 0 Å². The zero-order chi connectivity index (χ0) is 14.8. The summed E-state index contributed by atoms with van der Waals surface area (Å²) in [5.41, 5.74) is 3.10. The molecule has 0 heterocycles. The molecule has 0 spiro atoms. The van der Waals surface area contributed by atoms with E-state index >= 15 is 0 Å². The fraction of sp³-hybridized carbons (Fsp3) is 0.700. The average Bonchev–Trinajstić information content (AvgIpc) is 2.50. The standard InChI is InChI=1S/C20H34/c1-5-9-11-17(7-3)19-13-15-20(16-14-19)18(8-4)12-10-6-2/h13-18H,5-12H2,1-4H3. The monoisotopic (exact) mass is 274 g/mol. The first-order valence-corrected chi connectivity index (χ1v) is 8.86. The molecule has 0 aromatic heterocycles. The summed E-state index contributed by atoms with van der Waals surface area (Å²) in [6, 6.07) is 9.59. The van der Waals surface area contributed by atoms with Crippen molar-refractivity contribution in [3.8, 4) is 0 Å². The summed E-state index contributed by atoms with van der Waals surface area (Å²) in [4.78, 5) is 0. The van der Waals surface area contributed by atoms with Gasteiger partial charge in [-0.15, -0.1) is 0 Å². The summed E-state index contributed by atoms with van der Waals surface area (Å²) in [5.74, 6) is 1.53. The van der Waals surface area contributed by atoms with Gasteiger partial charge in [0, 0.05) is 0 Å². The lowest BCUT2D eigenvalue weighted by atomic mass is 9.87. The maximum Gasteiger partial charge on any atom is -0.0165 e. The van der Waals surface area contributed by atoms with Crippen molar-refractivity contribution >= 4 is 0 Å². The summed E-state index contributed by atoms with van der Waals surface area (Å²) in [7, 11) is 0. The van der Waals surface area contributed by atoms with Gasteiger partial charge in [-0.25, -0.2) is 0 Å². The Labute approximate surface area is 127 Å². The average molecular weight is 274 g/mol. The van der Waals surface area contributed by atoms with E-state index < -0.39 is 0 Å². The number of hydrogen-bond acceptors (Lipinski definition) is 0. The molecule has 0 aliphatic rings. The van der Waals surface area contributed by atoms with Gasteiger partial charge >= 0.3 is 0 Å². The molecule has 0 fully saturated rings. The molecule has 0 aliphatic carbocycles. The highest BCUT2D eigenvalue weighted by atomic mass is 14.2. The lowest BCUT2D eigenvalue weighted by Crippen LogP contribution is -2.00. The molecule has 0 nitrogen and oxygen atoms in total. The van der Waals surface area contributed by atoms with E-state index in [1.807, 2.05) is 0 Å². The van der Waals surface area contributed by atoms with Crippen molar-refractivity contribution in [3.05, 3.63) is 35.4 Å². The van der Waals surface area contributed by atoms with Gasteiger partial charge in [-0.2, -0.15) is 0 Å². The predicted molar refractivity (Wildman–Crippen MR) is 91.6 cm³/mol. The van der Waals surface area contributed by atoms with Crippen LogP contribution in [0.15, 0.2) is 24.3 Å². The van der Waals surface area contributed by atoms with Gasteiger partial charge in [0.15, 0.2) is 0 Å². The van der Waals surface area contributed by atoms with E-state index in [0.29, 0.717) is 0 Å². The second kappa shape index (κ2) is 10.0. The van der Waals surface area contributed by atoms with Crippen LogP contribution in [0.3, 0.4) is 0 Å². The zero-order valence-electron chi connectivity index (χ0n) is 14.1. The largest absolute Gasteiger partial charge is 0.0654 e. The SMILES string of the molecule is CCCCC(CC)c1ccc(C(CC)CCCC)cc1. The topological polar surface area (TPSA) is 0 Å². The molecule has 0 heteroatoms. The van der Waals surface area contributed by atoms with Crippen molar-refractivity contribution in [1.82, 2.24) is 0 Å². The van der Waals surface area contributed by atoms with Crippen LogP contribution in [0.5, 0.6) is 0 Å². The van der Waals surface area contributed by atoms with Gasteiger partial charge in [0.1, 0.15) is 0 Å². The van der Waals surface area contributed by atoms with E-state index in [1.165, 1.54) is 51.4 Å². The lowest BCUT2D eigenvalue weighted by molar-refractivity contribution is 0.562. The Morgan fingerprint density at radius 1 is 0.650 bits per heavy atom. The second-order valence-corrected chi connectivity index (χ2v) is 6.16. The Bertz CT molecular complexity index is 301. The van der Waals surface area contributed by atoms with Gasteiger partial charge in [0.05, 0.1) is 0 Å². The van der Waals surface area contributed by atoms with Crippen molar-refractivity contribution in [2.75, 3.05) is 0 Å². The number of unbranched alkanes of at least 4 members (excludes halogenated alkanes) is 2. The number of hydrogen-bond donors (Lipinski definition) is 0. The third kappa shape index (κ3) is 5.31. The zero-order valence-corrected chi connectivity index (χ0v) is 14.1. The van der Waals surface area contributed by atoms with Crippen molar-refractivity contribution in [2.24, 2.45) is 0 Å². The Morgan fingerprint density at radius 3 is 1.25 bits per heavy atom. The van der Waals surface area contributed by atoms with Crippen LogP contribution in [0.2, 0.25) is 0 Å². The quantitative estimate of drug-likeness (QED) is 0.428. The number of benzene rings is 1. The van der Waals surface area contributed by atoms with E-state index in [9.17, 15) is 0 Å². The Balaban J connectivity index is 2.70. The van der Waals surface area contributed by atoms with Crippen molar-refractivity contribution in [3.63, 3.8) is 0 Å². The molecule has 114 valence electrons. The molecular formula is C20H34. The molecule has 2 atom stereocenters. The molecule has 1 aromatic rings. The molecule has 0 radical (unpaired) electrons. The molecule has 0 saturated heterocycles.